The number of aromatic nitrogens is 3. The van der Waals surface area contributed by atoms with Crippen molar-refractivity contribution in [2.45, 2.75) is 11.7 Å². The lowest BCUT2D eigenvalue weighted by Gasteiger charge is -2.09. The minimum absolute atomic E-state index is 0.295. The van der Waals surface area contributed by atoms with Crippen molar-refractivity contribution in [1.82, 2.24) is 14.8 Å². The zero-order chi connectivity index (χ0) is 18.0. The highest BCUT2D eigenvalue weighted by Crippen LogP contribution is 2.25. The molecule has 1 atom stereocenters. The topological polar surface area (TPSA) is 39.9 Å². The van der Waals surface area contributed by atoms with Gasteiger partial charge in [-0.1, -0.05) is 24.3 Å². The fourth-order valence-electron chi connectivity index (χ4n) is 2.16. The Kier molecular flexibility index (Phi) is 4.67. The zero-order valence-electron chi connectivity index (χ0n) is 12.7. The summed E-state index contributed by atoms with van der Waals surface area (Å²) in [5.41, 5.74) is 2.23. The maximum Gasteiger partial charge on any atom is 0.573 e. The molecule has 8 heteroatoms. The van der Waals surface area contributed by atoms with Gasteiger partial charge in [0.1, 0.15) is 12.1 Å². The van der Waals surface area contributed by atoms with Crippen LogP contribution in [0.1, 0.15) is 10.9 Å². The van der Waals surface area contributed by atoms with Gasteiger partial charge in [-0.15, -0.1) is 29.9 Å². The van der Waals surface area contributed by atoms with Crippen LogP contribution in [0.5, 0.6) is 5.75 Å². The van der Waals surface area contributed by atoms with Crippen LogP contribution in [-0.2, 0) is 0 Å². The van der Waals surface area contributed by atoms with Crippen LogP contribution in [-0.4, -0.2) is 21.1 Å². The Balaban J connectivity index is 1.79. The molecule has 0 amide bonds. The molecule has 0 saturated carbocycles. The van der Waals surface area contributed by atoms with E-state index < -0.39 is 6.36 Å². The highest BCUT2D eigenvalue weighted by atomic mass is 35.5. The van der Waals surface area contributed by atoms with Crippen molar-refractivity contribution in [2.75, 3.05) is 0 Å². The van der Waals surface area contributed by atoms with Gasteiger partial charge in [0.15, 0.2) is 5.82 Å². The van der Waals surface area contributed by atoms with Crippen molar-refractivity contribution in [1.29, 1.82) is 0 Å². The summed E-state index contributed by atoms with van der Waals surface area (Å²) in [5.74, 6) is 0.188. The van der Waals surface area contributed by atoms with Crippen molar-refractivity contribution in [2.24, 2.45) is 0 Å². The van der Waals surface area contributed by atoms with Gasteiger partial charge in [0.05, 0.1) is 11.1 Å². The molecule has 25 heavy (non-hydrogen) atoms. The fraction of sp³-hybridized carbons (Fsp3) is 0.118. The number of alkyl halides is 4. The van der Waals surface area contributed by atoms with Crippen molar-refractivity contribution in [3.63, 3.8) is 0 Å². The minimum atomic E-state index is -4.72. The van der Waals surface area contributed by atoms with Crippen molar-refractivity contribution in [3.8, 4) is 22.8 Å². The van der Waals surface area contributed by atoms with E-state index in [1.807, 2.05) is 24.3 Å². The van der Waals surface area contributed by atoms with Gasteiger partial charge in [0, 0.05) is 5.56 Å². The van der Waals surface area contributed by atoms with E-state index >= 15 is 0 Å². The number of benzene rings is 2. The van der Waals surface area contributed by atoms with E-state index in [2.05, 4.69) is 21.7 Å². The number of hydrogen-bond donors (Lipinski definition) is 0. The second-order valence-electron chi connectivity index (χ2n) is 5.14. The second-order valence-corrected chi connectivity index (χ2v) is 5.67. The van der Waals surface area contributed by atoms with E-state index in [-0.39, 0.29) is 11.1 Å². The second kappa shape index (κ2) is 6.76. The van der Waals surface area contributed by atoms with Crippen LogP contribution < -0.4 is 4.74 Å². The SMILES string of the molecule is [CH2]C(Cl)c1ccc(-c2ncn(-c3ccc(OC(F)(F)F)cc3)n2)cc1. The summed E-state index contributed by atoms with van der Waals surface area (Å²) in [4.78, 5) is 4.21. The molecule has 4 nitrogen and oxygen atoms in total. The van der Waals surface area contributed by atoms with E-state index in [0.717, 1.165) is 11.1 Å². The number of nitrogens with zero attached hydrogens (tertiary/aromatic N) is 3. The summed E-state index contributed by atoms with van der Waals surface area (Å²) in [6.07, 6.45) is -3.24. The first-order valence-corrected chi connectivity index (χ1v) is 7.61. The Morgan fingerprint density at radius 2 is 1.68 bits per heavy atom. The number of hydrogen-bond acceptors (Lipinski definition) is 3. The van der Waals surface area contributed by atoms with Crippen molar-refractivity contribution >= 4 is 11.6 Å². The maximum absolute atomic E-state index is 12.2. The number of ether oxygens (including phenoxy) is 1. The molecule has 3 rings (SSSR count). The summed E-state index contributed by atoms with van der Waals surface area (Å²) < 4.78 is 41.8. The molecule has 1 unspecified atom stereocenters. The molecule has 0 fully saturated rings. The van der Waals surface area contributed by atoms with Gasteiger partial charge in [0.2, 0.25) is 0 Å². The molecular weight excluding hydrogens is 355 g/mol. The standard InChI is InChI=1S/C17H12ClF3N3O/c1-11(18)12-2-4-13(5-3-12)16-22-10-24(23-16)14-6-8-15(9-7-14)25-17(19,20)21/h2-11H,1H2. The third-order valence-corrected chi connectivity index (χ3v) is 3.61. The normalized spacial score (nSPS) is 12.8. The number of rotatable bonds is 4. The molecule has 0 aliphatic carbocycles. The van der Waals surface area contributed by atoms with E-state index in [9.17, 15) is 13.2 Å². The monoisotopic (exact) mass is 366 g/mol. The number of halogens is 4. The van der Waals surface area contributed by atoms with Gasteiger partial charge in [-0.2, -0.15) is 0 Å². The average Bonchev–Trinajstić information content (AvgIpc) is 3.04. The third-order valence-electron chi connectivity index (χ3n) is 3.36. The van der Waals surface area contributed by atoms with E-state index in [1.54, 1.807) is 0 Å². The van der Waals surface area contributed by atoms with Crippen LogP contribution in [0.4, 0.5) is 13.2 Å². The largest absolute Gasteiger partial charge is 0.573 e. The summed E-state index contributed by atoms with van der Waals surface area (Å²) in [5, 5.41) is 3.99. The molecule has 1 heterocycles. The summed E-state index contributed by atoms with van der Waals surface area (Å²) in [6, 6.07) is 12.7. The molecule has 0 aliphatic heterocycles. The lowest BCUT2D eigenvalue weighted by molar-refractivity contribution is -0.274. The average molecular weight is 367 g/mol. The smallest absolute Gasteiger partial charge is 0.406 e. The van der Waals surface area contributed by atoms with Crippen LogP contribution in [0.15, 0.2) is 54.9 Å². The first-order valence-electron chi connectivity index (χ1n) is 7.17. The quantitative estimate of drug-likeness (QED) is 0.613. The molecule has 0 spiro atoms. The highest BCUT2D eigenvalue weighted by Gasteiger charge is 2.30. The third kappa shape index (κ3) is 4.30. The summed E-state index contributed by atoms with van der Waals surface area (Å²) in [6.45, 7) is 3.73. The lowest BCUT2D eigenvalue weighted by atomic mass is 10.1. The summed E-state index contributed by atoms with van der Waals surface area (Å²) >= 11 is 5.91. The van der Waals surface area contributed by atoms with Crippen molar-refractivity contribution in [3.05, 3.63) is 67.3 Å². The van der Waals surface area contributed by atoms with E-state index in [4.69, 9.17) is 11.6 Å². The molecule has 0 N–H and O–H groups in total. The molecule has 0 bridgehead atoms. The molecule has 1 radical (unpaired) electrons. The van der Waals surface area contributed by atoms with Gasteiger partial charge < -0.3 is 4.74 Å². The molecule has 0 saturated heterocycles. The Morgan fingerprint density at radius 1 is 1.04 bits per heavy atom. The predicted molar refractivity (Wildman–Crippen MR) is 87.4 cm³/mol. The summed E-state index contributed by atoms with van der Waals surface area (Å²) in [7, 11) is 0. The maximum atomic E-state index is 12.2. The molecule has 0 aliphatic rings. The predicted octanol–water partition coefficient (Wildman–Crippen LogP) is 4.95. The van der Waals surface area contributed by atoms with Gasteiger partial charge in [0.25, 0.3) is 0 Å². The molecule has 1 aromatic heterocycles. The van der Waals surface area contributed by atoms with Crippen molar-refractivity contribution < 1.29 is 17.9 Å². The molecule has 3 aromatic rings. The van der Waals surface area contributed by atoms with Crippen LogP contribution >= 0.6 is 11.6 Å². The molecule has 2 aromatic carbocycles. The first-order chi connectivity index (χ1) is 11.8. The highest BCUT2D eigenvalue weighted by molar-refractivity contribution is 6.21. The van der Waals surface area contributed by atoms with Crippen LogP contribution in [0.2, 0.25) is 0 Å². The Bertz CT molecular complexity index is 843. The fourth-order valence-corrected chi connectivity index (χ4v) is 2.31. The van der Waals surface area contributed by atoms with Gasteiger partial charge in [-0.25, -0.2) is 9.67 Å². The first kappa shape index (κ1) is 17.3. The molecular formula is C17H12ClF3N3O. The molecule has 129 valence electrons. The lowest BCUT2D eigenvalue weighted by Crippen LogP contribution is -2.17. The van der Waals surface area contributed by atoms with Gasteiger partial charge in [-0.3, -0.25) is 0 Å². The Morgan fingerprint density at radius 3 is 2.24 bits per heavy atom. The Hall–Kier alpha value is -2.54. The van der Waals surface area contributed by atoms with E-state index in [1.165, 1.54) is 35.3 Å². The van der Waals surface area contributed by atoms with Crippen LogP contribution in [0, 0.1) is 6.92 Å². The van der Waals surface area contributed by atoms with Crippen LogP contribution in [0.25, 0.3) is 17.1 Å². The minimum Gasteiger partial charge on any atom is -0.406 e. The zero-order valence-corrected chi connectivity index (χ0v) is 13.5. The van der Waals surface area contributed by atoms with Crippen LogP contribution in [0.3, 0.4) is 0 Å². The van der Waals surface area contributed by atoms with Gasteiger partial charge >= 0.3 is 6.36 Å². The van der Waals surface area contributed by atoms with Gasteiger partial charge in [-0.05, 0) is 36.8 Å². The Labute approximate surface area is 146 Å². The van der Waals surface area contributed by atoms with E-state index in [0.29, 0.717) is 11.5 Å².